The van der Waals surface area contributed by atoms with Crippen LogP contribution in [-0.4, -0.2) is 51.1 Å². The molecule has 112 valence electrons. The number of nitrogens with two attached hydrogens (primary N) is 1. The fourth-order valence-electron chi connectivity index (χ4n) is 2.64. The second-order valence-electron chi connectivity index (χ2n) is 5.12. The van der Waals surface area contributed by atoms with Gasteiger partial charge in [-0.05, 0) is 18.2 Å². The van der Waals surface area contributed by atoms with E-state index in [2.05, 4.69) is 10.2 Å². The van der Waals surface area contributed by atoms with Crippen molar-refractivity contribution < 1.29 is 14.3 Å². The summed E-state index contributed by atoms with van der Waals surface area (Å²) in [6.07, 6.45) is 0. The zero-order valence-corrected chi connectivity index (χ0v) is 11.7. The molecule has 21 heavy (non-hydrogen) atoms. The first-order valence-corrected chi connectivity index (χ1v) is 6.96. The average Bonchev–Trinajstić information content (AvgIpc) is 2.50. The summed E-state index contributed by atoms with van der Waals surface area (Å²) in [5, 5.41) is 3.30. The Bertz CT molecular complexity index is 569. The number of fused-ring (bicyclic) bond motifs is 1. The van der Waals surface area contributed by atoms with E-state index in [1.165, 1.54) is 4.90 Å². The Morgan fingerprint density at radius 3 is 2.81 bits per heavy atom. The van der Waals surface area contributed by atoms with Crippen LogP contribution in [0.2, 0.25) is 0 Å². The van der Waals surface area contributed by atoms with Crippen LogP contribution in [0.15, 0.2) is 18.2 Å². The Hall–Kier alpha value is -2.28. The van der Waals surface area contributed by atoms with Gasteiger partial charge in [-0.3, -0.25) is 14.5 Å². The van der Waals surface area contributed by atoms with Gasteiger partial charge in [-0.15, -0.1) is 0 Å². The van der Waals surface area contributed by atoms with Crippen LogP contribution in [0.5, 0.6) is 5.75 Å². The Morgan fingerprint density at radius 2 is 2.10 bits per heavy atom. The van der Waals surface area contributed by atoms with Crippen molar-refractivity contribution in [1.29, 1.82) is 0 Å². The molecule has 7 heteroatoms. The largest absolute Gasteiger partial charge is 0.482 e. The second kappa shape index (κ2) is 5.61. The number of carbonyl (C=O) groups is 2. The SMILES string of the molecule is NC(=O)CN1C(=O)COc2ccc(N3CCNCC3)cc21. The number of hydrogen-bond donors (Lipinski definition) is 2. The molecule has 2 heterocycles. The van der Waals surface area contributed by atoms with Gasteiger partial charge in [0.05, 0.1) is 5.69 Å². The second-order valence-corrected chi connectivity index (χ2v) is 5.12. The Balaban J connectivity index is 1.92. The number of amides is 2. The molecule has 0 unspecified atom stereocenters. The van der Waals surface area contributed by atoms with Gasteiger partial charge >= 0.3 is 0 Å². The zero-order valence-electron chi connectivity index (χ0n) is 11.7. The molecule has 0 bridgehead atoms. The van der Waals surface area contributed by atoms with Crippen LogP contribution < -0.4 is 25.6 Å². The molecular formula is C14H18N4O3. The predicted molar refractivity (Wildman–Crippen MR) is 78.6 cm³/mol. The lowest BCUT2D eigenvalue weighted by Gasteiger charge is -2.33. The minimum atomic E-state index is -0.538. The lowest BCUT2D eigenvalue weighted by molar-refractivity contribution is -0.124. The van der Waals surface area contributed by atoms with E-state index in [-0.39, 0.29) is 19.1 Å². The van der Waals surface area contributed by atoms with Gasteiger partial charge in [-0.1, -0.05) is 0 Å². The maximum absolute atomic E-state index is 11.9. The van der Waals surface area contributed by atoms with E-state index >= 15 is 0 Å². The molecule has 2 aliphatic rings. The molecule has 0 aromatic heterocycles. The molecule has 2 aliphatic heterocycles. The van der Waals surface area contributed by atoms with Crippen LogP contribution in [0.3, 0.4) is 0 Å². The van der Waals surface area contributed by atoms with Gasteiger partial charge in [0, 0.05) is 31.9 Å². The average molecular weight is 290 g/mol. The molecular weight excluding hydrogens is 272 g/mol. The predicted octanol–water partition coefficient (Wildman–Crippen LogP) is -0.693. The van der Waals surface area contributed by atoms with Crippen LogP contribution in [0.4, 0.5) is 11.4 Å². The summed E-state index contributed by atoms with van der Waals surface area (Å²) < 4.78 is 5.42. The van der Waals surface area contributed by atoms with E-state index in [1.54, 1.807) is 0 Å². The van der Waals surface area contributed by atoms with E-state index < -0.39 is 5.91 Å². The van der Waals surface area contributed by atoms with Gasteiger partial charge in [0.1, 0.15) is 12.3 Å². The Morgan fingerprint density at radius 1 is 1.33 bits per heavy atom. The van der Waals surface area contributed by atoms with E-state index in [9.17, 15) is 9.59 Å². The van der Waals surface area contributed by atoms with Crippen molar-refractivity contribution in [1.82, 2.24) is 5.32 Å². The standard InChI is InChI=1S/C14H18N4O3/c15-13(19)8-18-11-7-10(17-5-3-16-4-6-17)1-2-12(11)21-9-14(18)20/h1-2,7,16H,3-6,8-9H2,(H2,15,19). The highest BCUT2D eigenvalue weighted by Gasteiger charge is 2.27. The molecule has 0 radical (unpaired) electrons. The van der Waals surface area contributed by atoms with Crippen molar-refractivity contribution in [3.63, 3.8) is 0 Å². The summed E-state index contributed by atoms with van der Waals surface area (Å²) in [5.41, 5.74) is 6.86. The van der Waals surface area contributed by atoms with Gasteiger partial charge in [-0.25, -0.2) is 0 Å². The molecule has 2 amide bonds. The number of benzene rings is 1. The van der Waals surface area contributed by atoms with Gasteiger partial charge < -0.3 is 20.7 Å². The van der Waals surface area contributed by atoms with Crippen LogP contribution in [0, 0.1) is 0 Å². The highest BCUT2D eigenvalue weighted by atomic mass is 16.5. The van der Waals surface area contributed by atoms with Gasteiger partial charge in [0.15, 0.2) is 6.61 Å². The molecule has 7 nitrogen and oxygen atoms in total. The molecule has 3 N–H and O–H groups in total. The number of nitrogens with zero attached hydrogens (tertiary/aromatic N) is 2. The Labute approximate surface area is 122 Å². The maximum atomic E-state index is 11.9. The van der Waals surface area contributed by atoms with E-state index in [1.807, 2.05) is 18.2 Å². The quantitative estimate of drug-likeness (QED) is 0.769. The molecule has 0 saturated carbocycles. The smallest absolute Gasteiger partial charge is 0.265 e. The summed E-state index contributed by atoms with van der Waals surface area (Å²) in [6, 6.07) is 5.70. The molecule has 1 aromatic carbocycles. The van der Waals surface area contributed by atoms with Crippen LogP contribution >= 0.6 is 0 Å². The molecule has 0 spiro atoms. The molecule has 1 fully saturated rings. The normalized spacial score (nSPS) is 18.2. The maximum Gasteiger partial charge on any atom is 0.265 e. The van der Waals surface area contributed by atoms with Gasteiger partial charge in [-0.2, -0.15) is 0 Å². The number of anilines is 2. The van der Waals surface area contributed by atoms with Gasteiger partial charge in [0.2, 0.25) is 5.91 Å². The number of primary amides is 1. The number of piperazine rings is 1. The molecule has 0 atom stereocenters. The number of rotatable bonds is 3. The lowest BCUT2D eigenvalue weighted by Crippen LogP contribution is -2.45. The zero-order chi connectivity index (χ0) is 14.8. The fourth-order valence-corrected chi connectivity index (χ4v) is 2.64. The van der Waals surface area contributed by atoms with Gasteiger partial charge in [0.25, 0.3) is 5.91 Å². The third-order valence-corrected chi connectivity index (χ3v) is 3.68. The van der Waals surface area contributed by atoms with Crippen molar-refractivity contribution >= 4 is 23.2 Å². The highest BCUT2D eigenvalue weighted by Crippen LogP contribution is 2.35. The van der Waals surface area contributed by atoms with Crippen molar-refractivity contribution in [3.05, 3.63) is 18.2 Å². The first-order valence-electron chi connectivity index (χ1n) is 6.96. The van der Waals surface area contributed by atoms with Crippen LogP contribution in [-0.2, 0) is 9.59 Å². The minimum absolute atomic E-state index is 0.0622. The van der Waals surface area contributed by atoms with E-state index in [4.69, 9.17) is 10.5 Å². The van der Waals surface area contributed by atoms with Crippen molar-refractivity contribution in [2.45, 2.75) is 0 Å². The van der Waals surface area contributed by atoms with Crippen LogP contribution in [0.1, 0.15) is 0 Å². The summed E-state index contributed by atoms with van der Waals surface area (Å²) in [5.74, 6) is -0.183. The summed E-state index contributed by atoms with van der Waals surface area (Å²) in [6.45, 7) is 3.48. The first-order chi connectivity index (χ1) is 10.1. The van der Waals surface area contributed by atoms with E-state index in [0.29, 0.717) is 11.4 Å². The number of hydrogen-bond acceptors (Lipinski definition) is 5. The number of ether oxygens (including phenoxy) is 1. The third kappa shape index (κ3) is 2.78. The van der Waals surface area contributed by atoms with Crippen molar-refractivity contribution in [2.24, 2.45) is 5.73 Å². The van der Waals surface area contributed by atoms with Crippen LogP contribution in [0.25, 0.3) is 0 Å². The number of carbonyl (C=O) groups excluding carboxylic acids is 2. The number of nitrogens with one attached hydrogen (secondary N) is 1. The lowest BCUT2D eigenvalue weighted by atomic mass is 10.1. The molecule has 1 saturated heterocycles. The van der Waals surface area contributed by atoms with E-state index in [0.717, 1.165) is 31.9 Å². The molecule has 0 aliphatic carbocycles. The summed E-state index contributed by atoms with van der Waals surface area (Å²) >= 11 is 0. The fraction of sp³-hybridized carbons (Fsp3) is 0.429. The first kappa shape index (κ1) is 13.7. The van der Waals surface area contributed by atoms with Crippen molar-refractivity contribution in [2.75, 3.05) is 49.1 Å². The highest BCUT2D eigenvalue weighted by molar-refractivity contribution is 6.02. The monoisotopic (exact) mass is 290 g/mol. The minimum Gasteiger partial charge on any atom is -0.482 e. The topological polar surface area (TPSA) is 87.9 Å². The summed E-state index contributed by atoms with van der Waals surface area (Å²) in [7, 11) is 0. The summed E-state index contributed by atoms with van der Waals surface area (Å²) in [4.78, 5) is 26.8. The molecule has 3 rings (SSSR count). The van der Waals surface area contributed by atoms with Crippen molar-refractivity contribution in [3.8, 4) is 5.75 Å². The molecule has 1 aromatic rings. The Kier molecular flexibility index (Phi) is 3.66. The third-order valence-electron chi connectivity index (χ3n) is 3.68.